The van der Waals surface area contributed by atoms with Gasteiger partial charge < -0.3 is 11.1 Å². The van der Waals surface area contributed by atoms with E-state index in [0.717, 1.165) is 13.0 Å². The predicted octanol–water partition coefficient (Wildman–Crippen LogP) is 0.680. The molecule has 0 aromatic carbocycles. The fourth-order valence-electron chi connectivity index (χ4n) is 1.58. The first-order valence-electron chi connectivity index (χ1n) is 5.73. The molecule has 3 N–H and O–H groups in total. The second-order valence-electron chi connectivity index (χ2n) is 3.81. The number of hydrogen-bond donors (Lipinski definition) is 2. The smallest absolute Gasteiger partial charge is 0.255 e. The van der Waals surface area contributed by atoms with Crippen LogP contribution in [0, 0.1) is 0 Å². The van der Waals surface area contributed by atoms with Gasteiger partial charge in [0.15, 0.2) is 0 Å². The minimum absolute atomic E-state index is 0.193. The Morgan fingerprint density at radius 1 is 1.39 bits per heavy atom. The summed E-state index contributed by atoms with van der Waals surface area (Å²) in [5.41, 5.74) is 6.03. The largest absolute Gasteiger partial charge is 0.383 e. The van der Waals surface area contributed by atoms with E-state index in [4.69, 9.17) is 5.73 Å². The molecule has 2 heterocycles. The van der Waals surface area contributed by atoms with Crippen molar-refractivity contribution in [1.29, 1.82) is 0 Å². The highest BCUT2D eigenvalue weighted by Gasteiger charge is 2.08. The number of rotatable bonds is 5. The van der Waals surface area contributed by atoms with Crippen molar-refractivity contribution < 1.29 is 4.79 Å². The molecule has 18 heavy (non-hydrogen) atoms. The summed E-state index contributed by atoms with van der Waals surface area (Å²) >= 11 is 0. The summed E-state index contributed by atoms with van der Waals surface area (Å²) in [6.07, 6.45) is 5.99. The molecule has 0 aliphatic rings. The van der Waals surface area contributed by atoms with Crippen molar-refractivity contribution in [2.45, 2.75) is 13.0 Å². The van der Waals surface area contributed by atoms with Gasteiger partial charge in [0.1, 0.15) is 5.82 Å². The molecule has 0 fully saturated rings. The van der Waals surface area contributed by atoms with Crippen molar-refractivity contribution in [3.63, 3.8) is 0 Å². The van der Waals surface area contributed by atoms with Gasteiger partial charge in [0, 0.05) is 31.7 Å². The summed E-state index contributed by atoms with van der Waals surface area (Å²) in [6, 6.07) is 5.22. The molecule has 2 aromatic rings. The number of aryl methyl sites for hydroxylation is 1. The van der Waals surface area contributed by atoms with E-state index in [1.165, 1.54) is 0 Å². The summed E-state index contributed by atoms with van der Waals surface area (Å²) < 4.78 is 1.82. The molecule has 0 aliphatic carbocycles. The monoisotopic (exact) mass is 245 g/mol. The topological polar surface area (TPSA) is 85.8 Å². The first-order chi connectivity index (χ1) is 8.77. The Morgan fingerprint density at radius 2 is 2.28 bits per heavy atom. The molecule has 0 radical (unpaired) electrons. The summed E-state index contributed by atoms with van der Waals surface area (Å²) in [5, 5.41) is 6.88. The van der Waals surface area contributed by atoms with Crippen LogP contribution in [0.1, 0.15) is 16.8 Å². The van der Waals surface area contributed by atoms with E-state index in [1.54, 1.807) is 24.5 Å². The average molecular weight is 245 g/mol. The summed E-state index contributed by atoms with van der Waals surface area (Å²) in [4.78, 5) is 15.6. The maximum atomic E-state index is 11.8. The third-order valence-electron chi connectivity index (χ3n) is 2.49. The molecule has 2 rings (SSSR count). The lowest BCUT2D eigenvalue weighted by molar-refractivity contribution is 0.0953. The SMILES string of the molecule is Nc1ncccc1C(=O)NCCCn1cccn1. The zero-order valence-electron chi connectivity index (χ0n) is 9.91. The number of carbonyl (C=O) groups is 1. The van der Waals surface area contributed by atoms with E-state index >= 15 is 0 Å². The van der Waals surface area contributed by atoms with E-state index in [0.29, 0.717) is 12.1 Å². The molecule has 0 saturated heterocycles. The quantitative estimate of drug-likeness (QED) is 0.758. The lowest BCUT2D eigenvalue weighted by atomic mass is 10.2. The van der Waals surface area contributed by atoms with Crippen molar-refractivity contribution in [2.75, 3.05) is 12.3 Å². The van der Waals surface area contributed by atoms with Crippen molar-refractivity contribution in [3.05, 3.63) is 42.4 Å². The maximum absolute atomic E-state index is 11.8. The molecule has 1 amide bonds. The zero-order valence-corrected chi connectivity index (χ0v) is 9.91. The molecular weight excluding hydrogens is 230 g/mol. The lowest BCUT2D eigenvalue weighted by Crippen LogP contribution is -2.26. The third kappa shape index (κ3) is 3.07. The molecule has 0 atom stereocenters. The number of carbonyl (C=O) groups excluding carboxylic acids is 1. The van der Waals surface area contributed by atoms with Crippen LogP contribution < -0.4 is 11.1 Å². The van der Waals surface area contributed by atoms with Gasteiger partial charge in [-0.3, -0.25) is 9.48 Å². The first-order valence-corrected chi connectivity index (χ1v) is 5.73. The number of nitrogen functional groups attached to an aromatic ring is 1. The highest BCUT2D eigenvalue weighted by Crippen LogP contribution is 2.05. The van der Waals surface area contributed by atoms with Gasteiger partial charge in [-0.1, -0.05) is 0 Å². The average Bonchev–Trinajstić information content (AvgIpc) is 2.88. The van der Waals surface area contributed by atoms with Crippen molar-refractivity contribution in [1.82, 2.24) is 20.1 Å². The first kappa shape index (κ1) is 12.1. The number of aromatic nitrogens is 3. The normalized spacial score (nSPS) is 10.2. The molecule has 2 aromatic heterocycles. The fraction of sp³-hybridized carbons (Fsp3) is 0.250. The van der Waals surface area contributed by atoms with E-state index in [1.807, 2.05) is 16.9 Å². The Kier molecular flexibility index (Phi) is 3.90. The van der Waals surface area contributed by atoms with E-state index in [2.05, 4.69) is 15.4 Å². The molecule has 94 valence electrons. The Hall–Kier alpha value is -2.37. The number of pyridine rings is 1. The van der Waals surface area contributed by atoms with Crippen LogP contribution in [0.5, 0.6) is 0 Å². The van der Waals surface area contributed by atoms with Gasteiger partial charge in [0.25, 0.3) is 5.91 Å². The van der Waals surface area contributed by atoms with Crippen molar-refractivity contribution in [2.24, 2.45) is 0 Å². The van der Waals surface area contributed by atoms with Crippen LogP contribution in [0.15, 0.2) is 36.8 Å². The summed E-state index contributed by atoms with van der Waals surface area (Å²) in [6.45, 7) is 1.35. The number of nitrogens with zero attached hydrogens (tertiary/aromatic N) is 3. The second kappa shape index (κ2) is 5.81. The molecular formula is C12H15N5O. The van der Waals surface area contributed by atoms with Crippen LogP contribution in [0.4, 0.5) is 5.82 Å². The second-order valence-corrected chi connectivity index (χ2v) is 3.81. The number of nitrogens with two attached hydrogens (primary N) is 1. The van der Waals surface area contributed by atoms with Gasteiger partial charge in [-0.15, -0.1) is 0 Å². The van der Waals surface area contributed by atoms with E-state index in [9.17, 15) is 4.79 Å². The van der Waals surface area contributed by atoms with Crippen LogP contribution in [0.25, 0.3) is 0 Å². The Bertz CT molecular complexity index is 509. The third-order valence-corrected chi connectivity index (χ3v) is 2.49. The standard InChI is InChI=1S/C12H15N5O/c13-11-10(4-1-5-14-11)12(18)15-6-2-8-17-9-3-7-16-17/h1,3-5,7,9H,2,6,8H2,(H2,13,14)(H,15,18). The molecule has 0 unspecified atom stereocenters. The van der Waals surface area contributed by atoms with Gasteiger partial charge in [-0.25, -0.2) is 4.98 Å². The van der Waals surface area contributed by atoms with Crippen LogP contribution >= 0.6 is 0 Å². The van der Waals surface area contributed by atoms with Crippen LogP contribution in [-0.4, -0.2) is 27.2 Å². The molecule has 0 aliphatic heterocycles. The van der Waals surface area contributed by atoms with Gasteiger partial charge >= 0.3 is 0 Å². The van der Waals surface area contributed by atoms with Gasteiger partial charge in [0.05, 0.1) is 5.56 Å². The number of hydrogen-bond acceptors (Lipinski definition) is 4. The van der Waals surface area contributed by atoms with Gasteiger partial charge in [0.2, 0.25) is 0 Å². The minimum Gasteiger partial charge on any atom is -0.383 e. The number of anilines is 1. The van der Waals surface area contributed by atoms with Gasteiger partial charge in [-0.05, 0) is 24.6 Å². The van der Waals surface area contributed by atoms with Crippen molar-refractivity contribution in [3.8, 4) is 0 Å². The van der Waals surface area contributed by atoms with Crippen LogP contribution in [-0.2, 0) is 6.54 Å². The maximum Gasteiger partial charge on any atom is 0.255 e. The van der Waals surface area contributed by atoms with Crippen molar-refractivity contribution >= 4 is 11.7 Å². The highest BCUT2D eigenvalue weighted by molar-refractivity contribution is 5.98. The Labute approximate surface area is 105 Å². The fourth-order valence-corrected chi connectivity index (χ4v) is 1.58. The molecule has 6 heteroatoms. The lowest BCUT2D eigenvalue weighted by Gasteiger charge is -2.06. The predicted molar refractivity (Wildman–Crippen MR) is 67.8 cm³/mol. The molecule has 0 spiro atoms. The molecule has 0 bridgehead atoms. The minimum atomic E-state index is -0.193. The molecule has 0 saturated carbocycles. The Morgan fingerprint density at radius 3 is 3.00 bits per heavy atom. The zero-order chi connectivity index (χ0) is 12.8. The van der Waals surface area contributed by atoms with Crippen LogP contribution in [0.2, 0.25) is 0 Å². The van der Waals surface area contributed by atoms with Crippen LogP contribution in [0.3, 0.4) is 0 Å². The Balaban J connectivity index is 1.77. The van der Waals surface area contributed by atoms with E-state index in [-0.39, 0.29) is 11.7 Å². The summed E-state index contributed by atoms with van der Waals surface area (Å²) in [7, 11) is 0. The highest BCUT2D eigenvalue weighted by atomic mass is 16.1. The number of amides is 1. The van der Waals surface area contributed by atoms with E-state index < -0.39 is 0 Å². The summed E-state index contributed by atoms with van der Waals surface area (Å²) in [5.74, 6) is 0.0585. The van der Waals surface area contributed by atoms with Gasteiger partial charge in [-0.2, -0.15) is 5.10 Å². The number of nitrogens with one attached hydrogen (secondary N) is 1. The molecule has 6 nitrogen and oxygen atoms in total.